The monoisotopic (exact) mass is 690 g/mol. The van der Waals surface area contributed by atoms with Gasteiger partial charge in [-0.3, -0.25) is 4.79 Å². The average Bonchev–Trinajstić information content (AvgIpc) is 3.09. The van der Waals surface area contributed by atoms with Crippen LogP contribution in [0.2, 0.25) is 0 Å². The molecule has 5 nitrogen and oxygen atoms in total. The van der Waals surface area contributed by atoms with E-state index in [9.17, 15) is 20.1 Å². The summed E-state index contributed by atoms with van der Waals surface area (Å²) in [4.78, 5) is 12.4. The number of carbonyl (C=O) groups excluding carboxylic acids is 1. The fraction of sp³-hybridized carbons (Fsp3) is 0.841. The van der Waals surface area contributed by atoms with Gasteiger partial charge >= 0.3 is 0 Å². The van der Waals surface area contributed by atoms with Crippen molar-refractivity contribution >= 4 is 5.91 Å². The van der Waals surface area contributed by atoms with Crippen LogP contribution in [0.3, 0.4) is 0 Å². The van der Waals surface area contributed by atoms with E-state index in [1.165, 1.54) is 148 Å². The molecule has 3 atom stereocenters. The van der Waals surface area contributed by atoms with Gasteiger partial charge in [-0.2, -0.15) is 0 Å². The Morgan fingerprint density at radius 1 is 0.510 bits per heavy atom. The molecule has 0 aromatic heterocycles. The molecule has 0 aromatic carbocycles. The van der Waals surface area contributed by atoms with Crippen molar-refractivity contribution in [3.05, 3.63) is 36.5 Å². The van der Waals surface area contributed by atoms with E-state index < -0.39 is 18.2 Å². The third kappa shape index (κ3) is 36.2. The predicted molar refractivity (Wildman–Crippen MR) is 213 cm³/mol. The molecule has 0 heterocycles. The molecule has 0 aliphatic heterocycles. The van der Waals surface area contributed by atoms with Crippen LogP contribution < -0.4 is 5.32 Å². The lowest BCUT2D eigenvalue weighted by Crippen LogP contribution is -2.45. The molecule has 0 spiro atoms. The Bertz CT molecular complexity index is 764. The second kappa shape index (κ2) is 39.4. The van der Waals surface area contributed by atoms with E-state index >= 15 is 0 Å². The van der Waals surface area contributed by atoms with Gasteiger partial charge in [0.1, 0.15) is 0 Å². The number of nitrogens with one attached hydrogen (secondary N) is 1. The van der Waals surface area contributed by atoms with Crippen molar-refractivity contribution in [3.63, 3.8) is 0 Å². The van der Waals surface area contributed by atoms with Crippen LogP contribution in [-0.2, 0) is 4.79 Å². The van der Waals surface area contributed by atoms with Crippen molar-refractivity contribution in [2.75, 3.05) is 6.61 Å². The topological polar surface area (TPSA) is 89.8 Å². The number of aliphatic hydroxyl groups is 3. The Morgan fingerprint density at radius 2 is 0.878 bits per heavy atom. The fourth-order valence-electron chi connectivity index (χ4n) is 6.37. The molecule has 0 aliphatic rings. The van der Waals surface area contributed by atoms with Crippen molar-refractivity contribution in [1.29, 1.82) is 0 Å². The van der Waals surface area contributed by atoms with Gasteiger partial charge in [0, 0.05) is 0 Å². The highest BCUT2D eigenvalue weighted by Crippen LogP contribution is 2.15. The first kappa shape index (κ1) is 47.6. The number of hydrogen-bond acceptors (Lipinski definition) is 4. The largest absolute Gasteiger partial charge is 0.394 e. The molecule has 0 radical (unpaired) electrons. The smallest absolute Gasteiger partial charge is 0.222 e. The molecule has 0 bridgehead atoms. The number of amides is 1. The molecule has 0 saturated heterocycles. The number of hydrogen-bond donors (Lipinski definition) is 4. The molecule has 0 saturated carbocycles. The van der Waals surface area contributed by atoms with E-state index in [2.05, 4.69) is 43.5 Å². The van der Waals surface area contributed by atoms with E-state index in [1.807, 2.05) is 6.08 Å². The maximum absolute atomic E-state index is 12.4. The van der Waals surface area contributed by atoms with Crippen LogP contribution in [-0.4, -0.2) is 46.1 Å². The summed E-state index contributed by atoms with van der Waals surface area (Å²) in [5.41, 5.74) is 0. The Morgan fingerprint density at radius 3 is 1.31 bits per heavy atom. The van der Waals surface area contributed by atoms with Crippen molar-refractivity contribution < 1.29 is 20.1 Å². The van der Waals surface area contributed by atoms with Crippen LogP contribution in [0.1, 0.15) is 213 Å². The van der Waals surface area contributed by atoms with E-state index in [-0.39, 0.29) is 18.9 Å². The average molecular weight is 690 g/mol. The van der Waals surface area contributed by atoms with Crippen molar-refractivity contribution in [2.24, 2.45) is 0 Å². The fourth-order valence-corrected chi connectivity index (χ4v) is 6.37. The molecule has 4 N–H and O–H groups in total. The molecule has 0 aliphatic carbocycles. The van der Waals surface area contributed by atoms with Crippen LogP contribution in [0.5, 0.6) is 0 Å². The Kier molecular flexibility index (Phi) is 38.2. The summed E-state index contributed by atoms with van der Waals surface area (Å²) < 4.78 is 0. The SMILES string of the molecule is CCCCCCCCCCCC/C=C/CC/C=C/CC/C=C/C(O)C(CO)NC(=O)CC(O)CCCCCCCCCCCCCCCC. The van der Waals surface area contributed by atoms with Crippen molar-refractivity contribution in [3.8, 4) is 0 Å². The van der Waals surface area contributed by atoms with Gasteiger partial charge in [-0.1, -0.05) is 198 Å². The Labute approximate surface area is 304 Å². The lowest BCUT2D eigenvalue weighted by atomic mass is 10.0. The first-order valence-corrected chi connectivity index (χ1v) is 21.3. The van der Waals surface area contributed by atoms with Gasteiger partial charge in [0.05, 0.1) is 31.3 Å². The number of rotatable bonds is 38. The zero-order valence-corrected chi connectivity index (χ0v) is 32.6. The van der Waals surface area contributed by atoms with Crippen molar-refractivity contribution in [2.45, 2.75) is 231 Å². The van der Waals surface area contributed by atoms with Gasteiger partial charge in [0.15, 0.2) is 0 Å². The molecule has 49 heavy (non-hydrogen) atoms. The van der Waals surface area contributed by atoms with Gasteiger partial charge in [-0.25, -0.2) is 0 Å². The minimum Gasteiger partial charge on any atom is -0.394 e. The standard InChI is InChI=1S/C44H83NO4/c1-3-5-7-9-11-13-15-17-19-20-21-22-23-24-26-28-30-32-34-36-38-43(48)42(40-46)45-44(49)39-41(47)37-35-33-31-29-27-25-18-16-14-12-10-8-6-4-2/h22-23,28,30,36,38,41-43,46-48H,3-21,24-27,29,31-35,37,39-40H2,1-2H3,(H,45,49)/b23-22+,30-28+,38-36+. The van der Waals surface area contributed by atoms with Crippen LogP contribution in [0.25, 0.3) is 0 Å². The summed E-state index contributed by atoms with van der Waals surface area (Å²) in [7, 11) is 0. The number of unbranched alkanes of at least 4 members (excludes halogenated alkanes) is 25. The highest BCUT2D eigenvalue weighted by Gasteiger charge is 2.20. The molecule has 3 unspecified atom stereocenters. The number of aliphatic hydroxyl groups excluding tert-OH is 3. The molecular weight excluding hydrogens is 606 g/mol. The van der Waals surface area contributed by atoms with Crippen LogP contribution in [0, 0.1) is 0 Å². The number of carbonyl (C=O) groups is 1. The summed E-state index contributed by atoms with van der Waals surface area (Å²) in [5.74, 6) is -0.329. The van der Waals surface area contributed by atoms with Crippen LogP contribution in [0.4, 0.5) is 0 Å². The second-order valence-corrected chi connectivity index (χ2v) is 14.6. The van der Waals surface area contributed by atoms with E-state index in [0.29, 0.717) is 6.42 Å². The molecule has 0 fully saturated rings. The predicted octanol–water partition coefficient (Wildman–Crippen LogP) is 12.0. The molecular formula is C44H83NO4. The summed E-state index contributed by atoms with van der Waals surface area (Å²) in [6.45, 7) is 4.19. The lowest BCUT2D eigenvalue weighted by molar-refractivity contribution is -0.124. The summed E-state index contributed by atoms with van der Waals surface area (Å²) in [5, 5.41) is 33.1. The minimum atomic E-state index is -0.957. The maximum Gasteiger partial charge on any atom is 0.222 e. The molecule has 0 rings (SSSR count). The van der Waals surface area contributed by atoms with Gasteiger partial charge in [-0.15, -0.1) is 0 Å². The second-order valence-electron chi connectivity index (χ2n) is 14.6. The normalized spacial score (nSPS) is 14.0. The third-order valence-electron chi connectivity index (χ3n) is 9.66. The van der Waals surface area contributed by atoms with Gasteiger partial charge in [-0.05, 0) is 44.9 Å². The Hall–Kier alpha value is -1.43. The third-order valence-corrected chi connectivity index (χ3v) is 9.66. The molecule has 5 heteroatoms. The molecule has 0 aromatic rings. The van der Waals surface area contributed by atoms with Gasteiger partial charge in [0.25, 0.3) is 0 Å². The van der Waals surface area contributed by atoms with Crippen LogP contribution >= 0.6 is 0 Å². The lowest BCUT2D eigenvalue weighted by Gasteiger charge is -2.21. The first-order chi connectivity index (χ1) is 24.0. The van der Waals surface area contributed by atoms with E-state index in [1.54, 1.807) is 6.08 Å². The maximum atomic E-state index is 12.4. The van der Waals surface area contributed by atoms with Crippen molar-refractivity contribution in [1.82, 2.24) is 5.32 Å². The minimum absolute atomic E-state index is 0.00463. The van der Waals surface area contributed by atoms with Crippen LogP contribution in [0.15, 0.2) is 36.5 Å². The Balaban J connectivity index is 3.75. The number of allylic oxidation sites excluding steroid dienone is 5. The van der Waals surface area contributed by atoms with Gasteiger partial charge < -0.3 is 20.6 Å². The summed E-state index contributed by atoms with van der Waals surface area (Å²) >= 11 is 0. The quantitative estimate of drug-likeness (QED) is 0.0384. The van der Waals surface area contributed by atoms with Gasteiger partial charge in [0.2, 0.25) is 5.91 Å². The van der Waals surface area contributed by atoms with E-state index in [4.69, 9.17) is 0 Å². The summed E-state index contributed by atoms with van der Waals surface area (Å²) in [6, 6.07) is -0.764. The highest BCUT2D eigenvalue weighted by molar-refractivity contribution is 5.76. The zero-order chi connectivity index (χ0) is 35.9. The molecule has 288 valence electrons. The molecule has 1 amide bonds. The summed E-state index contributed by atoms with van der Waals surface area (Å²) in [6.07, 6.45) is 48.5. The van der Waals surface area contributed by atoms with E-state index in [0.717, 1.165) is 38.5 Å². The highest BCUT2D eigenvalue weighted by atomic mass is 16.3. The first-order valence-electron chi connectivity index (χ1n) is 21.3. The zero-order valence-electron chi connectivity index (χ0n) is 32.6.